The van der Waals surface area contributed by atoms with E-state index in [1.54, 1.807) is 7.11 Å². The number of fused-ring (bicyclic) bond motifs is 2. The van der Waals surface area contributed by atoms with Gasteiger partial charge >= 0.3 is 0 Å². The molecule has 10 nitrogen and oxygen atoms in total. The van der Waals surface area contributed by atoms with Crippen molar-refractivity contribution in [2.24, 2.45) is 11.1 Å². The van der Waals surface area contributed by atoms with Crippen molar-refractivity contribution in [3.8, 4) is 0 Å². The van der Waals surface area contributed by atoms with Crippen LogP contribution in [0.3, 0.4) is 0 Å². The number of hydrogen-bond acceptors (Lipinski definition) is 7. The van der Waals surface area contributed by atoms with Crippen LogP contribution in [0.2, 0.25) is 0 Å². The minimum atomic E-state index is -3.79. The molecule has 33 heavy (non-hydrogen) atoms. The van der Waals surface area contributed by atoms with E-state index in [1.165, 1.54) is 17.5 Å². The third-order valence-corrected chi connectivity index (χ3v) is 7.43. The van der Waals surface area contributed by atoms with E-state index in [2.05, 4.69) is 32.1 Å². The highest BCUT2D eigenvalue weighted by Crippen LogP contribution is 2.39. The Kier molecular flexibility index (Phi) is 5.83. The molecular weight excluding hydrogens is 444 g/mol. The van der Waals surface area contributed by atoms with Crippen LogP contribution in [-0.2, 0) is 21.4 Å². The number of aliphatic hydroxyl groups excluding tert-OH is 1. The Balaban J connectivity index is 1.39. The lowest BCUT2D eigenvalue weighted by Gasteiger charge is -2.22. The maximum atomic E-state index is 11.2. The molecule has 0 saturated heterocycles. The molecule has 1 saturated carbocycles. The summed E-state index contributed by atoms with van der Waals surface area (Å²) in [6.45, 7) is 0.108. The van der Waals surface area contributed by atoms with Gasteiger partial charge in [0.15, 0.2) is 0 Å². The number of anilines is 1. The molecule has 1 fully saturated rings. The number of ether oxygens (including phenoxy) is 1. The van der Waals surface area contributed by atoms with Gasteiger partial charge in [0.05, 0.1) is 23.6 Å². The van der Waals surface area contributed by atoms with Crippen LogP contribution < -0.4 is 15.2 Å². The van der Waals surface area contributed by atoms with Gasteiger partial charge < -0.3 is 19.7 Å². The molecule has 176 valence electrons. The summed E-state index contributed by atoms with van der Waals surface area (Å²) in [5, 5.41) is 20.0. The first-order valence-electron chi connectivity index (χ1n) is 11.0. The number of hydrogen-bond donors (Lipinski definition) is 4. The molecule has 5 atom stereocenters. The van der Waals surface area contributed by atoms with Crippen LogP contribution in [0, 0.1) is 5.92 Å². The Bertz CT molecular complexity index is 1260. The fraction of sp³-hybridized carbons (Fsp3) is 0.455. The Morgan fingerprint density at radius 3 is 2.85 bits per heavy atom. The van der Waals surface area contributed by atoms with Gasteiger partial charge in [0.1, 0.15) is 17.8 Å². The molecule has 0 unspecified atom stereocenters. The topological polar surface area (TPSA) is 144 Å². The van der Waals surface area contributed by atoms with Gasteiger partial charge in [-0.1, -0.05) is 24.3 Å². The number of nitrogens with zero attached hydrogens (tertiary/aromatic N) is 3. The zero-order chi connectivity index (χ0) is 23.2. The normalized spacial score (nSPS) is 27.2. The molecule has 3 aromatic rings. The maximum Gasteiger partial charge on any atom is 0.274 e. The highest BCUT2D eigenvalue weighted by Gasteiger charge is 2.36. The summed E-state index contributed by atoms with van der Waals surface area (Å²) in [5.41, 5.74) is 3.24. The molecule has 0 amide bonds. The zero-order valence-electron chi connectivity index (χ0n) is 18.3. The van der Waals surface area contributed by atoms with Gasteiger partial charge in [-0.15, -0.1) is 0 Å². The number of aromatic nitrogens is 3. The van der Waals surface area contributed by atoms with Crippen LogP contribution in [0.1, 0.15) is 36.1 Å². The maximum absolute atomic E-state index is 11.2. The molecule has 2 aliphatic rings. The van der Waals surface area contributed by atoms with Crippen molar-refractivity contribution in [1.82, 2.24) is 19.3 Å². The number of aliphatic hydroxyl groups is 1. The average Bonchev–Trinajstić information content (AvgIpc) is 3.47. The van der Waals surface area contributed by atoms with Gasteiger partial charge in [-0.2, -0.15) is 8.42 Å². The number of nitrogens with one attached hydrogen (secondary N) is 2. The zero-order valence-corrected chi connectivity index (χ0v) is 19.1. The fourth-order valence-electron chi connectivity index (χ4n) is 5.22. The first kappa shape index (κ1) is 22.2. The minimum Gasteiger partial charge on any atom is -0.393 e. The molecule has 1 aromatic carbocycles. The quantitative estimate of drug-likeness (QED) is 0.405. The lowest BCUT2D eigenvalue weighted by atomic mass is 10.1. The molecule has 0 bridgehead atoms. The van der Waals surface area contributed by atoms with Crippen molar-refractivity contribution in [3.63, 3.8) is 0 Å². The van der Waals surface area contributed by atoms with E-state index in [-0.39, 0.29) is 30.7 Å². The third-order valence-electron chi connectivity index (χ3n) is 6.86. The van der Waals surface area contributed by atoms with Gasteiger partial charge in [0.25, 0.3) is 10.2 Å². The summed E-state index contributed by atoms with van der Waals surface area (Å²) in [4.78, 5) is 9.01. The average molecular weight is 473 g/mol. The lowest BCUT2D eigenvalue weighted by Crippen LogP contribution is -2.36. The van der Waals surface area contributed by atoms with Crippen molar-refractivity contribution in [2.45, 2.75) is 43.6 Å². The van der Waals surface area contributed by atoms with E-state index in [9.17, 15) is 13.5 Å². The molecule has 11 heteroatoms. The van der Waals surface area contributed by atoms with Crippen molar-refractivity contribution in [2.75, 3.05) is 19.0 Å². The van der Waals surface area contributed by atoms with Gasteiger partial charge in [-0.25, -0.2) is 19.8 Å². The van der Waals surface area contributed by atoms with Gasteiger partial charge in [-0.3, -0.25) is 0 Å². The fourth-order valence-corrected chi connectivity index (χ4v) is 5.67. The number of nitrogens with two attached hydrogens (primary N) is 1. The smallest absolute Gasteiger partial charge is 0.274 e. The van der Waals surface area contributed by atoms with E-state index >= 15 is 0 Å². The molecule has 0 aliphatic heterocycles. The Morgan fingerprint density at radius 1 is 1.24 bits per heavy atom. The standard InChI is InChI=1S/C22H28N6O4S/c1-32-19-9-13-4-2-3-5-16(13)20(19)27-21-17-6-7-28(22(17)25-12-24-21)15-8-14(18(29)10-15)11-26-33(23,30)31/h2-7,12,14-15,18-20,26,29H,8-11H2,1H3,(H2,23,30,31)(H,24,25,27)/t14-,15+,18-,19-,20+/m0/s1. The summed E-state index contributed by atoms with van der Waals surface area (Å²) in [7, 11) is -2.07. The third kappa shape index (κ3) is 4.34. The summed E-state index contributed by atoms with van der Waals surface area (Å²) in [6, 6.07) is 10.3. The van der Waals surface area contributed by atoms with Crippen LogP contribution in [0.15, 0.2) is 42.9 Å². The molecule has 5 N–H and O–H groups in total. The van der Waals surface area contributed by atoms with Crippen LogP contribution in [0.4, 0.5) is 5.82 Å². The summed E-state index contributed by atoms with van der Waals surface area (Å²) < 4.78 is 32.5. The van der Waals surface area contributed by atoms with E-state index in [1.807, 2.05) is 29.0 Å². The number of rotatable bonds is 7. The largest absolute Gasteiger partial charge is 0.393 e. The van der Waals surface area contributed by atoms with E-state index in [0.29, 0.717) is 12.8 Å². The second kappa shape index (κ2) is 8.65. The second-order valence-corrected chi connectivity index (χ2v) is 10.2. The van der Waals surface area contributed by atoms with Crippen LogP contribution in [-0.4, -0.2) is 53.9 Å². The SMILES string of the molecule is CO[C@H]1Cc2ccccc2[C@H]1Nc1ncnc2c1ccn2[C@@H]1C[C@@H](CNS(N)(=O)=O)[C@@H](O)C1. The number of benzene rings is 1. The van der Waals surface area contributed by atoms with Gasteiger partial charge in [-0.05, 0) is 30.0 Å². The lowest BCUT2D eigenvalue weighted by molar-refractivity contribution is 0.0960. The van der Waals surface area contributed by atoms with Crippen molar-refractivity contribution < 1.29 is 18.3 Å². The first-order valence-corrected chi connectivity index (χ1v) is 12.5. The Hall–Kier alpha value is -2.57. The van der Waals surface area contributed by atoms with Crippen molar-refractivity contribution in [1.29, 1.82) is 0 Å². The summed E-state index contributed by atoms with van der Waals surface area (Å²) >= 11 is 0. The monoisotopic (exact) mass is 472 g/mol. The Labute approximate surface area is 192 Å². The van der Waals surface area contributed by atoms with Crippen LogP contribution in [0.25, 0.3) is 11.0 Å². The highest BCUT2D eigenvalue weighted by atomic mass is 32.2. The molecular formula is C22H28N6O4S. The molecule has 2 aliphatic carbocycles. The Morgan fingerprint density at radius 2 is 2.06 bits per heavy atom. The predicted octanol–water partition coefficient (Wildman–Crippen LogP) is 1.26. The van der Waals surface area contributed by atoms with E-state index < -0.39 is 16.3 Å². The van der Waals surface area contributed by atoms with Gasteiger partial charge in [0.2, 0.25) is 0 Å². The molecule has 0 radical (unpaired) electrons. The van der Waals surface area contributed by atoms with Crippen LogP contribution in [0.5, 0.6) is 0 Å². The van der Waals surface area contributed by atoms with Crippen molar-refractivity contribution >= 4 is 27.1 Å². The van der Waals surface area contributed by atoms with Crippen molar-refractivity contribution in [3.05, 3.63) is 54.0 Å². The van der Waals surface area contributed by atoms with Gasteiger partial charge in [0, 0.05) is 38.2 Å². The van der Waals surface area contributed by atoms with E-state index in [0.717, 1.165) is 23.3 Å². The minimum absolute atomic E-state index is 0.00608. The first-order chi connectivity index (χ1) is 15.8. The molecule has 2 heterocycles. The molecule has 0 spiro atoms. The molecule has 5 rings (SSSR count). The van der Waals surface area contributed by atoms with E-state index in [4.69, 9.17) is 9.88 Å². The summed E-state index contributed by atoms with van der Waals surface area (Å²) in [6.07, 6.45) is 4.83. The summed E-state index contributed by atoms with van der Waals surface area (Å²) in [5.74, 6) is 0.510. The molecule has 2 aromatic heterocycles. The second-order valence-electron chi connectivity index (χ2n) is 8.83. The van der Waals surface area contributed by atoms with Crippen LogP contribution >= 0.6 is 0 Å². The number of methoxy groups -OCH3 is 1. The predicted molar refractivity (Wildman–Crippen MR) is 124 cm³/mol. The highest BCUT2D eigenvalue weighted by molar-refractivity contribution is 7.87.